The van der Waals surface area contributed by atoms with E-state index in [-0.39, 0.29) is 0 Å². The first-order chi connectivity index (χ1) is 11.7. The van der Waals surface area contributed by atoms with Gasteiger partial charge in [-0.25, -0.2) is 0 Å². The molecule has 120 valence electrons. The average molecular weight is 317 g/mol. The fourth-order valence-corrected chi connectivity index (χ4v) is 3.48. The number of ether oxygens (including phenoxy) is 1. The van der Waals surface area contributed by atoms with Gasteiger partial charge in [-0.1, -0.05) is 12.1 Å². The number of nitriles is 1. The zero-order valence-corrected chi connectivity index (χ0v) is 13.6. The highest BCUT2D eigenvalue weighted by Gasteiger charge is 2.27. The number of hydrogen-bond acceptors (Lipinski definition) is 3. The van der Waals surface area contributed by atoms with Crippen molar-refractivity contribution in [3.63, 3.8) is 0 Å². The number of fused-ring (bicyclic) bond motifs is 1. The number of nitrogens with zero attached hydrogens (tertiary/aromatic N) is 2. The number of rotatable bonds is 3. The predicted molar refractivity (Wildman–Crippen MR) is 95.9 cm³/mol. The molecule has 0 radical (unpaired) electrons. The van der Waals surface area contributed by atoms with Crippen LogP contribution in [0.2, 0.25) is 0 Å². The Morgan fingerprint density at radius 2 is 1.92 bits per heavy atom. The van der Waals surface area contributed by atoms with Gasteiger partial charge >= 0.3 is 0 Å². The molecule has 4 heteroatoms. The van der Waals surface area contributed by atoms with E-state index in [0.717, 1.165) is 52.0 Å². The summed E-state index contributed by atoms with van der Waals surface area (Å²) in [4.78, 5) is 0. The highest BCUT2D eigenvalue weighted by Crippen LogP contribution is 2.43. The summed E-state index contributed by atoms with van der Waals surface area (Å²) in [5, 5.41) is 10.8. The van der Waals surface area contributed by atoms with Gasteiger partial charge in [0, 0.05) is 23.2 Å². The van der Waals surface area contributed by atoms with Crippen LogP contribution in [0, 0.1) is 11.3 Å². The summed E-state index contributed by atoms with van der Waals surface area (Å²) in [5.74, 6) is 0.814. The Kier molecular flexibility index (Phi) is 3.42. The molecule has 1 aliphatic rings. The van der Waals surface area contributed by atoms with E-state index in [1.165, 1.54) is 6.42 Å². The number of anilines is 1. The van der Waals surface area contributed by atoms with Crippen LogP contribution in [0.5, 0.6) is 5.75 Å². The summed E-state index contributed by atoms with van der Waals surface area (Å²) >= 11 is 0. The van der Waals surface area contributed by atoms with Crippen molar-refractivity contribution in [1.29, 1.82) is 5.26 Å². The van der Waals surface area contributed by atoms with Gasteiger partial charge in [0.05, 0.1) is 23.9 Å². The number of hydrogen-bond donors (Lipinski definition) is 1. The molecular weight excluding hydrogens is 298 g/mol. The lowest BCUT2D eigenvalue weighted by atomic mass is 9.92. The van der Waals surface area contributed by atoms with Gasteiger partial charge in [-0.3, -0.25) is 0 Å². The van der Waals surface area contributed by atoms with Gasteiger partial charge in [-0.2, -0.15) is 5.26 Å². The van der Waals surface area contributed by atoms with Crippen molar-refractivity contribution in [3.05, 3.63) is 48.0 Å². The van der Waals surface area contributed by atoms with Crippen LogP contribution in [-0.2, 0) is 0 Å². The van der Waals surface area contributed by atoms with Gasteiger partial charge in [-0.15, -0.1) is 0 Å². The topological polar surface area (TPSA) is 64.0 Å². The Labute approximate surface area is 141 Å². The molecule has 24 heavy (non-hydrogen) atoms. The Morgan fingerprint density at radius 3 is 2.50 bits per heavy atom. The van der Waals surface area contributed by atoms with Crippen LogP contribution in [0.25, 0.3) is 22.2 Å². The lowest BCUT2D eigenvalue weighted by molar-refractivity contribution is 0.324. The maximum absolute atomic E-state index is 9.83. The molecule has 0 atom stereocenters. The molecule has 1 heterocycles. The normalized spacial score (nSPS) is 14.3. The van der Waals surface area contributed by atoms with Crippen molar-refractivity contribution in [2.45, 2.75) is 25.3 Å². The highest BCUT2D eigenvalue weighted by molar-refractivity contribution is 5.95. The fraction of sp³-hybridized carbons (Fsp3) is 0.250. The second-order valence-corrected chi connectivity index (χ2v) is 6.30. The lowest BCUT2D eigenvalue weighted by Gasteiger charge is -2.30. The Hall–Kier alpha value is -2.93. The van der Waals surface area contributed by atoms with Crippen molar-refractivity contribution < 1.29 is 4.74 Å². The Bertz CT molecular complexity index is 944. The van der Waals surface area contributed by atoms with Crippen LogP contribution in [0.1, 0.15) is 30.9 Å². The standard InChI is InChI=1S/C20H19N3O/c1-24-16-9-10-17-18(12-21)20(13-5-7-14(22)8-6-13)23(19(17)11-16)15-3-2-4-15/h5-11,15H,2-4,22H2,1H3. The van der Waals surface area contributed by atoms with Gasteiger partial charge in [0.25, 0.3) is 0 Å². The molecule has 0 unspecified atom stereocenters. The monoisotopic (exact) mass is 317 g/mol. The molecular formula is C20H19N3O. The fourth-order valence-electron chi connectivity index (χ4n) is 3.48. The smallest absolute Gasteiger partial charge is 0.120 e. The van der Waals surface area contributed by atoms with Crippen LogP contribution in [-0.4, -0.2) is 11.7 Å². The van der Waals surface area contributed by atoms with E-state index in [1.54, 1.807) is 7.11 Å². The number of nitrogen functional groups attached to an aromatic ring is 1. The molecule has 2 N–H and O–H groups in total. The lowest BCUT2D eigenvalue weighted by Crippen LogP contribution is -2.17. The molecule has 1 aromatic heterocycles. The SMILES string of the molecule is COc1ccc2c(C#N)c(-c3ccc(N)cc3)n(C3CCC3)c2c1. The van der Waals surface area contributed by atoms with Crippen molar-refractivity contribution >= 4 is 16.6 Å². The maximum Gasteiger partial charge on any atom is 0.120 e. The van der Waals surface area contributed by atoms with Crippen molar-refractivity contribution in [3.8, 4) is 23.1 Å². The number of nitrogens with two attached hydrogens (primary N) is 1. The molecule has 0 spiro atoms. The molecule has 0 amide bonds. The summed E-state index contributed by atoms with van der Waals surface area (Å²) < 4.78 is 7.72. The van der Waals surface area contributed by atoms with Crippen LogP contribution in [0.3, 0.4) is 0 Å². The maximum atomic E-state index is 9.83. The van der Waals surface area contributed by atoms with Crippen molar-refractivity contribution in [2.75, 3.05) is 12.8 Å². The zero-order valence-electron chi connectivity index (χ0n) is 13.6. The summed E-state index contributed by atoms with van der Waals surface area (Å²) in [6, 6.07) is 16.6. The molecule has 4 nitrogen and oxygen atoms in total. The van der Waals surface area contributed by atoms with E-state index in [9.17, 15) is 5.26 Å². The third-order valence-corrected chi connectivity index (χ3v) is 4.95. The second kappa shape index (κ2) is 5.61. The quantitative estimate of drug-likeness (QED) is 0.724. The summed E-state index contributed by atoms with van der Waals surface area (Å²) in [5.41, 5.74) is 10.4. The minimum Gasteiger partial charge on any atom is -0.497 e. The average Bonchev–Trinajstić information content (AvgIpc) is 2.87. The van der Waals surface area contributed by atoms with Crippen LogP contribution < -0.4 is 10.5 Å². The Morgan fingerprint density at radius 1 is 1.17 bits per heavy atom. The molecule has 1 aliphatic carbocycles. The van der Waals surface area contributed by atoms with E-state index in [0.29, 0.717) is 6.04 Å². The van der Waals surface area contributed by atoms with E-state index in [1.807, 2.05) is 42.5 Å². The molecule has 0 aliphatic heterocycles. The van der Waals surface area contributed by atoms with Gasteiger partial charge in [-0.05, 0) is 49.1 Å². The minimum absolute atomic E-state index is 0.439. The first kappa shape index (κ1) is 14.6. The molecule has 3 aromatic rings. The molecule has 1 fully saturated rings. The molecule has 2 aromatic carbocycles. The van der Waals surface area contributed by atoms with E-state index in [2.05, 4.69) is 10.6 Å². The molecule has 4 rings (SSSR count). The molecule has 0 saturated heterocycles. The highest BCUT2D eigenvalue weighted by atomic mass is 16.5. The van der Waals surface area contributed by atoms with E-state index < -0.39 is 0 Å². The van der Waals surface area contributed by atoms with Gasteiger partial charge < -0.3 is 15.0 Å². The van der Waals surface area contributed by atoms with E-state index >= 15 is 0 Å². The Balaban J connectivity index is 2.06. The third-order valence-electron chi connectivity index (χ3n) is 4.95. The number of benzene rings is 2. The second-order valence-electron chi connectivity index (χ2n) is 6.30. The summed E-state index contributed by atoms with van der Waals surface area (Å²) in [6.45, 7) is 0. The summed E-state index contributed by atoms with van der Waals surface area (Å²) in [6.07, 6.45) is 3.53. The zero-order chi connectivity index (χ0) is 16.7. The van der Waals surface area contributed by atoms with Gasteiger partial charge in [0.2, 0.25) is 0 Å². The van der Waals surface area contributed by atoms with Crippen LogP contribution >= 0.6 is 0 Å². The van der Waals surface area contributed by atoms with E-state index in [4.69, 9.17) is 10.5 Å². The van der Waals surface area contributed by atoms with Crippen molar-refractivity contribution in [2.24, 2.45) is 0 Å². The third kappa shape index (κ3) is 2.13. The predicted octanol–water partition coefficient (Wildman–Crippen LogP) is 4.50. The first-order valence-electron chi connectivity index (χ1n) is 8.21. The number of methoxy groups -OCH3 is 1. The van der Waals surface area contributed by atoms with Gasteiger partial charge in [0.15, 0.2) is 0 Å². The van der Waals surface area contributed by atoms with Crippen molar-refractivity contribution in [1.82, 2.24) is 4.57 Å². The first-order valence-corrected chi connectivity index (χ1v) is 8.21. The van der Waals surface area contributed by atoms with Crippen LogP contribution in [0.15, 0.2) is 42.5 Å². The summed E-state index contributed by atoms with van der Waals surface area (Å²) in [7, 11) is 1.67. The number of aromatic nitrogens is 1. The largest absolute Gasteiger partial charge is 0.497 e. The molecule has 0 bridgehead atoms. The minimum atomic E-state index is 0.439. The molecule has 1 saturated carbocycles. The van der Waals surface area contributed by atoms with Gasteiger partial charge in [0.1, 0.15) is 11.8 Å². The van der Waals surface area contributed by atoms with Crippen LogP contribution in [0.4, 0.5) is 5.69 Å².